The van der Waals surface area contributed by atoms with Gasteiger partial charge in [0.25, 0.3) is 5.56 Å². The molecule has 0 fully saturated rings. The van der Waals surface area contributed by atoms with Crippen LogP contribution in [0, 0.1) is 20.8 Å². The number of aryl methyl sites for hydroxylation is 3. The summed E-state index contributed by atoms with van der Waals surface area (Å²) in [5.41, 5.74) is 7.78. The van der Waals surface area contributed by atoms with Gasteiger partial charge in [0.2, 0.25) is 0 Å². The van der Waals surface area contributed by atoms with Crippen LogP contribution in [0.15, 0.2) is 78.0 Å². The van der Waals surface area contributed by atoms with E-state index in [0.29, 0.717) is 6.54 Å². The van der Waals surface area contributed by atoms with Crippen molar-refractivity contribution in [2.24, 2.45) is 0 Å². The summed E-state index contributed by atoms with van der Waals surface area (Å²) >= 11 is 0. The summed E-state index contributed by atoms with van der Waals surface area (Å²) < 4.78 is 3.95. The molecule has 5 heteroatoms. The van der Waals surface area contributed by atoms with Crippen LogP contribution in [0.3, 0.4) is 0 Å². The third-order valence-electron chi connectivity index (χ3n) is 5.69. The summed E-state index contributed by atoms with van der Waals surface area (Å²) in [5, 5.41) is 3.47. The van der Waals surface area contributed by atoms with Gasteiger partial charge in [0.05, 0.1) is 6.33 Å². The minimum atomic E-state index is 0.00174. The lowest BCUT2D eigenvalue weighted by Crippen LogP contribution is -2.23. The molecule has 5 nitrogen and oxygen atoms in total. The molecule has 0 aliphatic heterocycles. The summed E-state index contributed by atoms with van der Waals surface area (Å²) in [4.78, 5) is 17.1. The summed E-state index contributed by atoms with van der Waals surface area (Å²) in [6, 6.07) is 20.4. The average Bonchev–Trinajstić information content (AvgIpc) is 3.19. The highest BCUT2D eigenvalue weighted by atomic mass is 16.1. The number of rotatable bonds is 8. The van der Waals surface area contributed by atoms with Gasteiger partial charge >= 0.3 is 0 Å². The minimum Gasteiger partial charge on any atom is -0.330 e. The van der Waals surface area contributed by atoms with E-state index in [1.54, 1.807) is 10.6 Å². The number of benzene rings is 2. The third kappa shape index (κ3) is 5.24. The lowest BCUT2D eigenvalue weighted by Gasteiger charge is -2.13. The Labute approximate surface area is 189 Å². The molecule has 4 aromatic rings. The smallest absolute Gasteiger partial charge is 0.255 e. The first-order chi connectivity index (χ1) is 15.5. The van der Waals surface area contributed by atoms with Crippen LogP contribution < -0.4 is 10.9 Å². The van der Waals surface area contributed by atoms with Crippen molar-refractivity contribution in [1.29, 1.82) is 0 Å². The second kappa shape index (κ2) is 9.79. The van der Waals surface area contributed by atoms with Gasteiger partial charge in [-0.2, -0.15) is 0 Å². The van der Waals surface area contributed by atoms with E-state index in [4.69, 9.17) is 0 Å². The van der Waals surface area contributed by atoms with Crippen molar-refractivity contribution < 1.29 is 0 Å². The van der Waals surface area contributed by atoms with E-state index in [0.717, 1.165) is 36.5 Å². The highest BCUT2D eigenvalue weighted by molar-refractivity contribution is 5.37. The molecule has 0 unspecified atom stereocenters. The Hall–Kier alpha value is -3.44. The van der Waals surface area contributed by atoms with Crippen LogP contribution in [-0.2, 0) is 19.5 Å². The Morgan fingerprint density at radius 1 is 0.906 bits per heavy atom. The zero-order valence-corrected chi connectivity index (χ0v) is 19.0. The molecule has 164 valence electrons. The molecule has 2 heterocycles. The summed E-state index contributed by atoms with van der Waals surface area (Å²) in [6.07, 6.45) is 4.71. The van der Waals surface area contributed by atoms with E-state index in [1.807, 2.05) is 50.6 Å². The quantitative estimate of drug-likeness (QED) is 0.427. The maximum atomic E-state index is 12.7. The van der Waals surface area contributed by atoms with Crippen LogP contribution in [0.25, 0.3) is 5.69 Å². The fourth-order valence-electron chi connectivity index (χ4n) is 4.05. The Bertz CT molecular complexity index is 1250. The van der Waals surface area contributed by atoms with Gasteiger partial charge < -0.3 is 9.88 Å². The molecule has 2 aromatic heterocycles. The predicted molar refractivity (Wildman–Crippen MR) is 129 cm³/mol. The van der Waals surface area contributed by atoms with Crippen molar-refractivity contribution in [3.05, 3.63) is 117 Å². The molecule has 0 radical (unpaired) electrons. The Kier molecular flexibility index (Phi) is 6.66. The molecule has 0 atom stereocenters. The van der Waals surface area contributed by atoms with E-state index in [2.05, 4.69) is 52.1 Å². The molecule has 0 aliphatic carbocycles. The van der Waals surface area contributed by atoms with Gasteiger partial charge in [0, 0.05) is 55.4 Å². The standard InChI is InChI=1S/C27H30N4O/c1-20-7-9-25(10-8-20)31-22(3)14-24(15-27(31)32)16-28-12-11-26-17-29-19-30(26)18-23-6-4-5-21(2)13-23/h4-10,13-15,17,19,28H,11-12,16,18H2,1-3H3. The average molecular weight is 427 g/mol. The molecule has 0 amide bonds. The van der Waals surface area contributed by atoms with Crippen molar-refractivity contribution >= 4 is 0 Å². The SMILES string of the molecule is Cc1ccc(-n2c(C)cc(CNCCc3cncn3Cc3cccc(C)c3)cc2=O)cc1. The van der Waals surface area contributed by atoms with Gasteiger partial charge in [-0.25, -0.2) is 4.98 Å². The Balaban J connectivity index is 1.35. The fourth-order valence-corrected chi connectivity index (χ4v) is 4.05. The van der Waals surface area contributed by atoms with Crippen molar-refractivity contribution in [2.75, 3.05) is 6.54 Å². The van der Waals surface area contributed by atoms with E-state index in [-0.39, 0.29) is 5.56 Å². The highest BCUT2D eigenvalue weighted by Gasteiger charge is 2.07. The topological polar surface area (TPSA) is 51.9 Å². The van der Waals surface area contributed by atoms with Crippen LogP contribution in [-0.4, -0.2) is 20.7 Å². The molecule has 0 bridgehead atoms. The molecule has 0 saturated heterocycles. The van der Waals surface area contributed by atoms with Gasteiger partial charge in [-0.3, -0.25) is 9.36 Å². The van der Waals surface area contributed by atoms with Crippen molar-refractivity contribution in [1.82, 2.24) is 19.4 Å². The molecular formula is C27H30N4O. The first-order valence-electron chi connectivity index (χ1n) is 11.0. The van der Waals surface area contributed by atoms with Crippen molar-refractivity contribution in [3.8, 4) is 5.69 Å². The third-order valence-corrected chi connectivity index (χ3v) is 5.69. The predicted octanol–water partition coefficient (Wildman–Crippen LogP) is 4.34. The zero-order chi connectivity index (χ0) is 22.5. The van der Waals surface area contributed by atoms with Crippen LogP contribution in [0.5, 0.6) is 0 Å². The van der Waals surface area contributed by atoms with E-state index in [9.17, 15) is 4.79 Å². The van der Waals surface area contributed by atoms with E-state index >= 15 is 0 Å². The number of nitrogens with zero attached hydrogens (tertiary/aromatic N) is 3. The van der Waals surface area contributed by atoms with E-state index < -0.39 is 0 Å². The van der Waals surface area contributed by atoms with Gasteiger partial charge in [0.1, 0.15) is 0 Å². The fraction of sp³-hybridized carbons (Fsp3) is 0.259. The lowest BCUT2D eigenvalue weighted by molar-refractivity contribution is 0.650. The largest absolute Gasteiger partial charge is 0.330 e. The normalized spacial score (nSPS) is 11.1. The first-order valence-corrected chi connectivity index (χ1v) is 11.0. The molecule has 2 aromatic carbocycles. The highest BCUT2D eigenvalue weighted by Crippen LogP contribution is 2.12. The number of hydrogen-bond acceptors (Lipinski definition) is 3. The molecule has 0 aliphatic rings. The number of nitrogens with one attached hydrogen (secondary N) is 1. The molecular weight excluding hydrogens is 396 g/mol. The van der Waals surface area contributed by atoms with Gasteiger partial charge in [-0.1, -0.05) is 47.5 Å². The van der Waals surface area contributed by atoms with Crippen molar-refractivity contribution in [3.63, 3.8) is 0 Å². The monoisotopic (exact) mass is 426 g/mol. The summed E-state index contributed by atoms with van der Waals surface area (Å²) in [6.45, 7) is 8.45. The van der Waals surface area contributed by atoms with Crippen LogP contribution >= 0.6 is 0 Å². The molecule has 1 N–H and O–H groups in total. The summed E-state index contributed by atoms with van der Waals surface area (Å²) in [5.74, 6) is 0. The van der Waals surface area contributed by atoms with Gasteiger partial charge in [0.15, 0.2) is 0 Å². The Morgan fingerprint density at radius 3 is 2.47 bits per heavy atom. The first kappa shape index (κ1) is 21.8. The maximum Gasteiger partial charge on any atom is 0.255 e. The minimum absolute atomic E-state index is 0.00174. The van der Waals surface area contributed by atoms with Crippen LogP contribution in [0.2, 0.25) is 0 Å². The van der Waals surface area contributed by atoms with Gasteiger partial charge in [-0.15, -0.1) is 0 Å². The molecule has 4 rings (SSSR count). The van der Waals surface area contributed by atoms with Gasteiger partial charge in [-0.05, 0) is 50.1 Å². The number of imidazole rings is 1. The van der Waals surface area contributed by atoms with Crippen molar-refractivity contribution in [2.45, 2.75) is 40.3 Å². The summed E-state index contributed by atoms with van der Waals surface area (Å²) in [7, 11) is 0. The number of aromatic nitrogens is 3. The molecule has 32 heavy (non-hydrogen) atoms. The lowest BCUT2D eigenvalue weighted by atomic mass is 10.1. The molecule has 0 spiro atoms. The van der Waals surface area contributed by atoms with Crippen LogP contribution in [0.4, 0.5) is 0 Å². The van der Waals surface area contributed by atoms with Crippen LogP contribution in [0.1, 0.15) is 33.6 Å². The Morgan fingerprint density at radius 2 is 1.72 bits per heavy atom. The second-order valence-corrected chi connectivity index (χ2v) is 8.44. The zero-order valence-electron chi connectivity index (χ0n) is 19.0. The second-order valence-electron chi connectivity index (χ2n) is 8.44. The van der Waals surface area contributed by atoms with E-state index in [1.165, 1.54) is 22.4 Å². The number of hydrogen-bond donors (Lipinski definition) is 1. The molecule has 0 saturated carbocycles. The maximum absolute atomic E-state index is 12.7. The number of pyridine rings is 1.